The van der Waals surface area contributed by atoms with E-state index in [1.165, 1.54) is 6.26 Å². The van der Waals surface area contributed by atoms with E-state index in [-0.39, 0.29) is 17.0 Å². The summed E-state index contributed by atoms with van der Waals surface area (Å²) in [4.78, 5) is 4.12. The minimum Gasteiger partial charge on any atom is -0.508 e. The van der Waals surface area contributed by atoms with Crippen molar-refractivity contribution < 1.29 is 14.1 Å². The van der Waals surface area contributed by atoms with Crippen LogP contribution in [0.25, 0.3) is 23.1 Å². The number of aromatic nitrogens is 3. The van der Waals surface area contributed by atoms with Crippen LogP contribution in [0.5, 0.6) is 5.75 Å². The molecule has 0 bridgehead atoms. The number of rotatable bonds is 4. The van der Waals surface area contributed by atoms with E-state index in [2.05, 4.69) is 4.98 Å². The number of fused-ring (bicyclic) bond motifs is 1. The Hall–Kier alpha value is -2.71. The molecular weight excluding hydrogens is 376 g/mol. The number of phenols is 1. The predicted molar refractivity (Wildman–Crippen MR) is 108 cm³/mol. The van der Waals surface area contributed by atoms with Gasteiger partial charge < -0.3 is 9.84 Å². The predicted octanol–water partition coefficient (Wildman–Crippen LogP) is 4.04. The van der Waals surface area contributed by atoms with E-state index in [4.69, 9.17) is 14.6 Å². The Morgan fingerprint density at radius 1 is 1.29 bits per heavy atom. The maximum atomic E-state index is 11.7. The van der Waals surface area contributed by atoms with Gasteiger partial charge >= 0.3 is 0 Å². The molecule has 1 aromatic carbocycles. The van der Waals surface area contributed by atoms with Crippen molar-refractivity contribution in [1.29, 1.82) is 4.78 Å². The van der Waals surface area contributed by atoms with E-state index in [9.17, 15) is 9.32 Å². The highest BCUT2D eigenvalue weighted by atomic mass is 32.2. The van der Waals surface area contributed by atoms with Crippen LogP contribution in [0.4, 0.5) is 0 Å². The van der Waals surface area contributed by atoms with E-state index in [0.29, 0.717) is 0 Å². The summed E-state index contributed by atoms with van der Waals surface area (Å²) in [7, 11) is -2.82. The SMILES string of the molecule is CS(=N)(=O)c1ccc(/C=C/c2nn(C3CCCCO3)c3ccc(O)cc23)cn1. The summed E-state index contributed by atoms with van der Waals surface area (Å²) < 4.78 is 27.1. The van der Waals surface area contributed by atoms with Gasteiger partial charge in [-0.3, -0.25) is 0 Å². The average molecular weight is 398 g/mol. The van der Waals surface area contributed by atoms with Crippen LogP contribution in [0.15, 0.2) is 41.6 Å². The summed E-state index contributed by atoms with van der Waals surface area (Å²) in [5.74, 6) is 0.186. The number of aromatic hydroxyl groups is 1. The van der Waals surface area contributed by atoms with Gasteiger partial charge in [-0.15, -0.1) is 0 Å². The summed E-state index contributed by atoms with van der Waals surface area (Å²) in [6.45, 7) is 0.726. The fourth-order valence-corrected chi connectivity index (χ4v) is 3.89. The quantitative estimate of drug-likeness (QED) is 0.691. The molecule has 3 heterocycles. The molecule has 146 valence electrons. The third kappa shape index (κ3) is 3.79. The molecule has 1 fully saturated rings. The Balaban J connectivity index is 1.70. The molecular formula is C20H22N4O3S. The number of hydrogen-bond acceptors (Lipinski definition) is 6. The molecule has 2 unspecified atom stereocenters. The van der Waals surface area contributed by atoms with Gasteiger partial charge in [-0.25, -0.2) is 18.7 Å². The fourth-order valence-electron chi connectivity index (χ4n) is 3.31. The average Bonchev–Trinajstić information content (AvgIpc) is 3.04. The van der Waals surface area contributed by atoms with Crippen LogP contribution in [-0.4, -0.2) is 36.9 Å². The Bertz CT molecular complexity index is 1130. The van der Waals surface area contributed by atoms with Gasteiger partial charge in [0.25, 0.3) is 0 Å². The van der Waals surface area contributed by atoms with E-state index in [0.717, 1.165) is 48.0 Å². The molecule has 0 aliphatic carbocycles. The lowest BCUT2D eigenvalue weighted by molar-refractivity contribution is -0.0367. The number of nitrogens with one attached hydrogen (secondary N) is 1. The van der Waals surface area contributed by atoms with Gasteiger partial charge in [0.2, 0.25) is 0 Å². The van der Waals surface area contributed by atoms with Gasteiger partial charge in [0.15, 0.2) is 6.23 Å². The van der Waals surface area contributed by atoms with Gasteiger partial charge in [-0.1, -0.05) is 12.1 Å². The maximum absolute atomic E-state index is 11.7. The van der Waals surface area contributed by atoms with Crippen molar-refractivity contribution in [3.63, 3.8) is 0 Å². The van der Waals surface area contributed by atoms with E-state index in [1.807, 2.05) is 22.9 Å². The standard InChI is InChI=1S/C20H22N4O3S/c1-28(21,26)19-10-6-14(13-22-19)5-8-17-16-12-15(25)7-9-18(16)24(23-17)20-4-2-3-11-27-20/h5-10,12-13,20-21,25H,2-4,11H2,1H3/b8-5+. The molecule has 4 rings (SSSR count). The fraction of sp³-hybridized carbons (Fsp3) is 0.300. The molecule has 28 heavy (non-hydrogen) atoms. The molecule has 8 heteroatoms. The number of nitrogens with zero attached hydrogens (tertiary/aromatic N) is 3. The van der Waals surface area contributed by atoms with Gasteiger partial charge in [-0.05, 0) is 55.2 Å². The first-order chi connectivity index (χ1) is 13.4. The van der Waals surface area contributed by atoms with E-state index in [1.54, 1.807) is 30.5 Å². The molecule has 0 radical (unpaired) electrons. The van der Waals surface area contributed by atoms with Crippen LogP contribution >= 0.6 is 0 Å². The van der Waals surface area contributed by atoms with Gasteiger partial charge in [0.1, 0.15) is 10.8 Å². The second-order valence-corrected chi connectivity index (χ2v) is 9.06. The maximum Gasteiger partial charge on any atom is 0.150 e. The molecule has 0 spiro atoms. The molecule has 3 aromatic rings. The lowest BCUT2D eigenvalue weighted by atomic mass is 10.1. The molecule has 2 atom stereocenters. The summed E-state index contributed by atoms with van der Waals surface area (Å²) in [6.07, 6.45) is 9.64. The number of pyridine rings is 1. The first-order valence-corrected chi connectivity index (χ1v) is 11.1. The number of benzene rings is 1. The monoisotopic (exact) mass is 398 g/mol. The summed E-state index contributed by atoms with van der Waals surface area (Å²) >= 11 is 0. The van der Waals surface area contributed by atoms with Crippen molar-refractivity contribution in [2.45, 2.75) is 30.5 Å². The van der Waals surface area contributed by atoms with Crippen molar-refractivity contribution >= 4 is 32.8 Å². The summed E-state index contributed by atoms with van der Waals surface area (Å²) in [5, 5.41) is 15.8. The summed E-state index contributed by atoms with van der Waals surface area (Å²) in [6, 6.07) is 8.60. The van der Waals surface area contributed by atoms with Crippen LogP contribution in [-0.2, 0) is 14.5 Å². The molecule has 7 nitrogen and oxygen atoms in total. The van der Waals surface area contributed by atoms with Crippen molar-refractivity contribution in [1.82, 2.24) is 14.8 Å². The van der Waals surface area contributed by atoms with Gasteiger partial charge in [-0.2, -0.15) is 5.10 Å². The molecule has 1 saturated heterocycles. The summed E-state index contributed by atoms with van der Waals surface area (Å²) in [5.41, 5.74) is 2.45. The molecule has 2 N–H and O–H groups in total. The first kappa shape index (κ1) is 18.6. The number of ether oxygens (including phenoxy) is 1. The zero-order valence-electron chi connectivity index (χ0n) is 15.5. The topological polar surface area (TPSA) is 101 Å². The normalized spacial score (nSPS) is 19.8. The highest BCUT2D eigenvalue weighted by molar-refractivity contribution is 7.91. The van der Waals surface area contributed by atoms with Crippen molar-refractivity contribution in [3.05, 3.63) is 47.8 Å². The van der Waals surface area contributed by atoms with Crippen LogP contribution in [0, 0.1) is 4.78 Å². The zero-order chi connectivity index (χ0) is 19.7. The lowest BCUT2D eigenvalue weighted by Crippen LogP contribution is -2.19. The van der Waals surface area contributed by atoms with Crippen LogP contribution < -0.4 is 0 Å². The molecule has 0 amide bonds. The largest absolute Gasteiger partial charge is 0.508 e. The minimum absolute atomic E-state index is 0.0985. The number of hydrogen-bond donors (Lipinski definition) is 2. The Morgan fingerprint density at radius 3 is 2.82 bits per heavy atom. The second-order valence-electron chi connectivity index (χ2n) is 6.96. The van der Waals surface area contributed by atoms with Gasteiger partial charge in [0, 0.05) is 24.4 Å². The van der Waals surface area contributed by atoms with Gasteiger partial charge in [0.05, 0.1) is 20.9 Å². The number of phenolic OH excluding ortho intramolecular Hbond substituents is 1. The molecule has 1 aliphatic rings. The van der Waals surface area contributed by atoms with Crippen LogP contribution in [0.2, 0.25) is 0 Å². The van der Waals surface area contributed by atoms with Crippen LogP contribution in [0.3, 0.4) is 0 Å². The second kappa shape index (κ2) is 7.37. The Kier molecular flexibility index (Phi) is 4.91. The Morgan fingerprint density at radius 2 is 2.14 bits per heavy atom. The van der Waals surface area contributed by atoms with Crippen molar-refractivity contribution in [3.8, 4) is 5.75 Å². The highest BCUT2D eigenvalue weighted by Crippen LogP contribution is 2.30. The molecule has 1 aliphatic heterocycles. The van der Waals surface area contributed by atoms with Crippen molar-refractivity contribution in [2.75, 3.05) is 12.9 Å². The smallest absolute Gasteiger partial charge is 0.150 e. The minimum atomic E-state index is -2.82. The molecule has 0 saturated carbocycles. The van der Waals surface area contributed by atoms with E-state index < -0.39 is 9.73 Å². The zero-order valence-corrected chi connectivity index (χ0v) is 16.4. The van der Waals surface area contributed by atoms with E-state index >= 15 is 0 Å². The highest BCUT2D eigenvalue weighted by Gasteiger charge is 2.20. The van der Waals surface area contributed by atoms with Crippen LogP contribution in [0.1, 0.15) is 36.7 Å². The van der Waals surface area contributed by atoms with Crippen molar-refractivity contribution in [2.24, 2.45) is 0 Å². The third-order valence-electron chi connectivity index (χ3n) is 4.74. The first-order valence-electron chi connectivity index (χ1n) is 9.12. The Labute approximate surface area is 163 Å². The molecule has 2 aromatic heterocycles. The third-order valence-corrected chi connectivity index (χ3v) is 5.78. The lowest BCUT2D eigenvalue weighted by Gasteiger charge is -2.23.